The first-order valence-electron chi connectivity index (χ1n) is 4.99. The maximum atomic E-state index is 10.7. The fourth-order valence-electron chi connectivity index (χ4n) is 1.27. The molecular formula is C9H17N3O2S. The number of rotatable bonds is 4. The van der Waals surface area contributed by atoms with Crippen molar-refractivity contribution < 1.29 is 9.90 Å². The molecule has 0 spiro atoms. The molecule has 1 atom stereocenters. The summed E-state index contributed by atoms with van der Waals surface area (Å²) in [6.07, 6.45) is 0. The fraction of sp³-hybridized carbons (Fsp3) is 0.778. The zero-order valence-corrected chi connectivity index (χ0v) is 9.88. The van der Waals surface area contributed by atoms with E-state index in [0.717, 1.165) is 10.9 Å². The first kappa shape index (κ1) is 12.3. The van der Waals surface area contributed by atoms with Crippen molar-refractivity contribution in [2.45, 2.75) is 13.8 Å². The number of aliphatic imine (C=N–C) groups is 1. The van der Waals surface area contributed by atoms with E-state index in [1.807, 2.05) is 4.90 Å². The number of nitrogens with zero attached hydrogens (tertiary/aromatic N) is 2. The molecule has 0 aliphatic carbocycles. The van der Waals surface area contributed by atoms with E-state index in [1.54, 1.807) is 18.7 Å². The van der Waals surface area contributed by atoms with E-state index in [9.17, 15) is 4.79 Å². The molecule has 5 nitrogen and oxygen atoms in total. The van der Waals surface area contributed by atoms with Crippen LogP contribution in [0.2, 0.25) is 0 Å². The highest BCUT2D eigenvalue weighted by molar-refractivity contribution is 8.13. The van der Waals surface area contributed by atoms with Gasteiger partial charge in [-0.3, -0.25) is 9.69 Å². The molecule has 2 N–H and O–H groups in total. The standard InChI is InChI=1S/C9H17N3O2S/c1-3-15-9-10-5-12(6-11-9)4-7(2)8(13)14/h7H,3-6H2,1-2H3,(H,10,11)(H,13,14). The number of hydrogen-bond acceptors (Lipinski definition) is 5. The zero-order valence-electron chi connectivity index (χ0n) is 9.06. The highest BCUT2D eigenvalue weighted by Gasteiger charge is 2.18. The minimum Gasteiger partial charge on any atom is -0.481 e. The van der Waals surface area contributed by atoms with Crippen molar-refractivity contribution in [2.24, 2.45) is 10.9 Å². The van der Waals surface area contributed by atoms with Gasteiger partial charge in [-0.25, -0.2) is 4.99 Å². The van der Waals surface area contributed by atoms with Gasteiger partial charge in [0.05, 0.1) is 19.3 Å². The molecule has 1 unspecified atom stereocenters. The molecule has 1 heterocycles. The Balaban J connectivity index is 2.34. The number of aliphatic carboxylic acids is 1. The van der Waals surface area contributed by atoms with Crippen molar-refractivity contribution in [2.75, 3.05) is 25.6 Å². The molecule has 0 bridgehead atoms. The molecule has 0 amide bonds. The number of hydrogen-bond donors (Lipinski definition) is 2. The lowest BCUT2D eigenvalue weighted by Crippen LogP contribution is -2.44. The van der Waals surface area contributed by atoms with Crippen molar-refractivity contribution in [3.05, 3.63) is 0 Å². The summed E-state index contributed by atoms with van der Waals surface area (Å²) < 4.78 is 0. The van der Waals surface area contributed by atoms with Crippen molar-refractivity contribution >= 4 is 22.9 Å². The third-order valence-electron chi connectivity index (χ3n) is 2.10. The molecule has 1 aliphatic heterocycles. The van der Waals surface area contributed by atoms with Crippen LogP contribution in [0.25, 0.3) is 0 Å². The van der Waals surface area contributed by atoms with Crippen molar-refractivity contribution in [1.29, 1.82) is 0 Å². The van der Waals surface area contributed by atoms with Crippen LogP contribution in [-0.4, -0.2) is 46.8 Å². The molecule has 86 valence electrons. The predicted molar refractivity (Wildman–Crippen MR) is 61.9 cm³/mol. The van der Waals surface area contributed by atoms with Crippen LogP contribution < -0.4 is 5.32 Å². The Labute approximate surface area is 93.9 Å². The highest BCUT2D eigenvalue weighted by atomic mass is 32.2. The molecule has 0 fully saturated rings. The van der Waals surface area contributed by atoms with E-state index in [4.69, 9.17) is 5.11 Å². The molecule has 0 saturated carbocycles. The minimum absolute atomic E-state index is 0.345. The normalized spacial score (nSPS) is 19.2. The Morgan fingerprint density at radius 3 is 3.00 bits per heavy atom. The Morgan fingerprint density at radius 2 is 2.53 bits per heavy atom. The summed E-state index contributed by atoms with van der Waals surface area (Å²) in [4.78, 5) is 17.0. The summed E-state index contributed by atoms with van der Waals surface area (Å²) in [5, 5.41) is 12.9. The van der Waals surface area contributed by atoms with Crippen molar-refractivity contribution in [3.8, 4) is 0 Å². The molecule has 0 saturated heterocycles. The number of carboxylic acids is 1. The lowest BCUT2D eigenvalue weighted by Gasteiger charge is -2.27. The van der Waals surface area contributed by atoms with E-state index >= 15 is 0 Å². The van der Waals surface area contributed by atoms with Gasteiger partial charge in [-0.05, 0) is 5.75 Å². The third kappa shape index (κ3) is 4.09. The van der Waals surface area contributed by atoms with Crippen LogP contribution in [0, 0.1) is 5.92 Å². The molecular weight excluding hydrogens is 214 g/mol. The number of carboxylic acid groups (broad SMARTS) is 1. The molecule has 15 heavy (non-hydrogen) atoms. The van der Waals surface area contributed by atoms with Gasteiger partial charge in [0.2, 0.25) is 0 Å². The number of amidine groups is 1. The summed E-state index contributed by atoms with van der Waals surface area (Å²) >= 11 is 1.68. The van der Waals surface area contributed by atoms with Gasteiger partial charge in [-0.1, -0.05) is 25.6 Å². The largest absolute Gasteiger partial charge is 0.481 e. The summed E-state index contributed by atoms with van der Waals surface area (Å²) in [5.41, 5.74) is 0. The maximum Gasteiger partial charge on any atom is 0.307 e. The fourth-order valence-corrected chi connectivity index (χ4v) is 1.86. The second-order valence-electron chi connectivity index (χ2n) is 3.47. The van der Waals surface area contributed by atoms with Crippen LogP contribution in [-0.2, 0) is 4.79 Å². The third-order valence-corrected chi connectivity index (χ3v) is 2.94. The topological polar surface area (TPSA) is 64.9 Å². The maximum absolute atomic E-state index is 10.7. The second kappa shape index (κ2) is 5.97. The molecule has 0 radical (unpaired) electrons. The molecule has 1 aliphatic rings. The van der Waals surface area contributed by atoms with E-state index in [1.165, 1.54) is 0 Å². The van der Waals surface area contributed by atoms with Gasteiger partial charge < -0.3 is 10.4 Å². The minimum atomic E-state index is -0.757. The number of thioether (sulfide) groups is 1. The number of nitrogens with one attached hydrogen (secondary N) is 1. The van der Waals surface area contributed by atoms with Crippen LogP contribution in [0.1, 0.15) is 13.8 Å². The van der Waals surface area contributed by atoms with Crippen LogP contribution in [0.15, 0.2) is 4.99 Å². The zero-order chi connectivity index (χ0) is 11.3. The van der Waals surface area contributed by atoms with E-state index in [-0.39, 0.29) is 5.92 Å². The number of carbonyl (C=O) groups is 1. The summed E-state index contributed by atoms with van der Waals surface area (Å²) in [5.74, 6) is -0.104. The Kier molecular flexibility index (Phi) is 4.90. The van der Waals surface area contributed by atoms with Crippen LogP contribution >= 0.6 is 11.8 Å². The smallest absolute Gasteiger partial charge is 0.307 e. The molecule has 0 aromatic rings. The quantitative estimate of drug-likeness (QED) is 0.743. The molecule has 0 aromatic heterocycles. The molecule has 6 heteroatoms. The lowest BCUT2D eigenvalue weighted by molar-refractivity contribution is -0.141. The first-order chi connectivity index (χ1) is 7.13. The monoisotopic (exact) mass is 231 g/mol. The van der Waals surface area contributed by atoms with E-state index in [2.05, 4.69) is 17.2 Å². The van der Waals surface area contributed by atoms with Gasteiger partial charge in [0.25, 0.3) is 0 Å². The van der Waals surface area contributed by atoms with E-state index in [0.29, 0.717) is 19.9 Å². The average molecular weight is 231 g/mol. The average Bonchev–Trinajstić information content (AvgIpc) is 2.21. The Hall–Kier alpha value is -0.750. The van der Waals surface area contributed by atoms with Gasteiger partial charge in [-0.2, -0.15) is 0 Å². The second-order valence-corrected chi connectivity index (χ2v) is 4.72. The summed E-state index contributed by atoms with van der Waals surface area (Å²) in [6, 6.07) is 0. The predicted octanol–water partition coefficient (Wildman–Crippen LogP) is 0.636. The Morgan fingerprint density at radius 1 is 1.80 bits per heavy atom. The van der Waals surface area contributed by atoms with Gasteiger partial charge >= 0.3 is 5.97 Å². The summed E-state index contributed by atoms with van der Waals surface area (Å²) in [7, 11) is 0. The summed E-state index contributed by atoms with van der Waals surface area (Å²) in [6.45, 7) is 5.60. The molecule has 0 aromatic carbocycles. The van der Waals surface area contributed by atoms with Crippen LogP contribution in [0.4, 0.5) is 0 Å². The van der Waals surface area contributed by atoms with Crippen LogP contribution in [0.3, 0.4) is 0 Å². The van der Waals surface area contributed by atoms with Gasteiger partial charge in [-0.15, -0.1) is 0 Å². The Bertz CT molecular complexity index is 258. The molecule has 1 rings (SSSR count). The van der Waals surface area contributed by atoms with Gasteiger partial charge in [0.15, 0.2) is 5.17 Å². The van der Waals surface area contributed by atoms with Crippen molar-refractivity contribution in [3.63, 3.8) is 0 Å². The van der Waals surface area contributed by atoms with E-state index < -0.39 is 5.97 Å². The van der Waals surface area contributed by atoms with Gasteiger partial charge in [0.1, 0.15) is 0 Å². The van der Waals surface area contributed by atoms with Crippen LogP contribution in [0.5, 0.6) is 0 Å². The first-order valence-corrected chi connectivity index (χ1v) is 5.98. The SMILES string of the molecule is CCSC1=NCN(CC(C)C(=O)O)CN1. The van der Waals surface area contributed by atoms with Gasteiger partial charge in [0, 0.05) is 6.54 Å². The lowest BCUT2D eigenvalue weighted by atomic mass is 10.2. The van der Waals surface area contributed by atoms with Crippen molar-refractivity contribution in [1.82, 2.24) is 10.2 Å². The highest BCUT2D eigenvalue weighted by Crippen LogP contribution is 2.07.